The Balaban J connectivity index is 1.91. The molecule has 1 atom stereocenters. The number of hydrogen-bond acceptors (Lipinski definition) is 3. The fourth-order valence-corrected chi connectivity index (χ4v) is 2.75. The minimum absolute atomic E-state index is 0.162. The van der Waals surface area contributed by atoms with Gasteiger partial charge in [0.2, 0.25) is 5.91 Å². The average Bonchev–Trinajstić information content (AvgIpc) is 2.94. The van der Waals surface area contributed by atoms with E-state index in [4.69, 9.17) is 11.6 Å². The molecule has 0 aliphatic carbocycles. The Labute approximate surface area is 145 Å². The number of carbonyl (C=O) groups excluding carboxylic acids is 1. The molecule has 0 saturated heterocycles. The van der Waals surface area contributed by atoms with Crippen LogP contribution in [0.25, 0.3) is 11.0 Å². The molecule has 1 amide bonds. The summed E-state index contributed by atoms with van der Waals surface area (Å²) in [4.78, 5) is 12.6. The molecule has 0 aliphatic heterocycles. The number of nitrogens with zero attached hydrogens (tertiary/aromatic N) is 3. The van der Waals surface area contributed by atoms with E-state index in [1.165, 1.54) is 0 Å². The maximum Gasteiger partial charge on any atom is 0.249 e. The van der Waals surface area contributed by atoms with Gasteiger partial charge in [-0.2, -0.15) is 0 Å². The van der Waals surface area contributed by atoms with Crippen LogP contribution in [-0.2, 0) is 4.79 Å². The lowest BCUT2D eigenvalue weighted by atomic mass is 10.1. The fourth-order valence-electron chi connectivity index (χ4n) is 2.57. The topological polar surface area (TPSA) is 59.8 Å². The van der Waals surface area contributed by atoms with Crippen molar-refractivity contribution in [3.8, 4) is 0 Å². The van der Waals surface area contributed by atoms with Gasteiger partial charge in [-0.05, 0) is 68.7 Å². The second-order valence-corrected chi connectivity index (χ2v) is 6.44. The van der Waals surface area contributed by atoms with Gasteiger partial charge in [0, 0.05) is 10.7 Å². The summed E-state index contributed by atoms with van der Waals surface area (Å²) in [5.41, 5.74) is 5.48. The van der Waals surface area contributed by atoms with E-state index in [0.29, 0.717) is 10.7 Å². The Morgan fingerprint density at radius 3 is 2.67 bits per heavy atom. The first kappa shape index (κ1) is 16.5. The van der Waals surface area contributed by atoms with Crippen LogP contribution in [0.1, 0.15) is 29.7 Å². The average molecular weight is 343 g/mol. The fraction of sp³-hybridized carbons (Fsp3) is 0.278. The molecular weight excluding hydrogens is 324 g/mol. The third-order valence-electron chi connectivity index (χ3n) is 4.36. The van der Waals surface area contributed by atoms with Crippen LogP contribution < -0.4 is 5.32 Å². The number of carbonyl (C=O) groups is 1. The highest BCUT2D eigenvalue weighted by molar-refractivity contribution is 6.31. The van der Waals surface area contributed by atoms with Gasteiger partial charge in [-0.3, -0.25) is 4.79 Å². The monoisotopic (exact) mass is 342 g/mol. The van der Waals surface area contributed by atoms with Gasteiger partial charge in [0.25, 0.3) is 0 Å². The van der Waals surface area contributed by atoms with Crippen LogP contribution >= 0.6 is 11.6 Å². The molecule has 0 saturated carbocycles. The summed E-state index contributed by atoms with van der Waals surface area (Å²) in [6.45, 7) is 7.75. The lowest BCUT2D eigenvalue weighted by Crippen LogP contribution is -2.25. The second-order valence-electron chi connectivity index (χ2n) is 6.04. The number of halogens is 1. The van der Waals surface area contributed by atoms with Crippen LogP contribution in [-0.4, -0.2) is 20.9 Å². The van der Waals surface area contributed by atoms with E-state index >= 15 is 0 Å². The number of hydrogen-bond donors (Lipinski definition) is 1. The number of aromatic nitrogens is 3. The highest BCUT2D eigenvalue weighted by atomic mass is 35.5. The number of benzene rings is 2. The maximum absolute atomic E-state index is 12.6. The zero-order chi connectivity index (χ0) is 17.4. The lowest BCUT2D eigenvalue weighted by molar-refractivity contribution is -0.119. The Morgan fingerprint density at radius 2 is 1.92 bits per heavy atom. The Bertz CT molecular complexity index is 932. The summed E-state index contributed by atoms with van der Waals surface area (Å²) < 4.78 is 1.65. The van der Waals surface area contributed by atoms with E-state index in [2.05, 4.69) is 15.6 Å². The highest BCUT2D eigenvalue weighted by Crippen LogP contribution is 2.25. The molecule has 124 valence electrons. The van der Waals surface area contributed by atoms with Gasteiger partial charge in [-0.15, -0.1) is 5.10 Å². The van der Waals surface area contributed by atoms with Crippen molar-refractivity contribution < 1.29 is 4.79 Å². The van der Waals surface area contributed by atoms with Gasteiger partial charge in [-0.25, -0.2) is 4.68 Å². The maximum atomic E-state index is 12.6. The molecule has 3 rings (SSSR count). The molecule has 2 aromatic carbocycles. The van der Waals surface area contributed by atoms with E-state index in [1.54, 1.807) is 17.7 Å². The number of aryl methyl sites for hydroxylation is 2. The minimum Gasteiger partial charge on any atom is -0.324 e. The molecule has 0 bridgehead atoms. The number of amides is 1. The van der Waals surface area contributed by atoms with Gasteiger partial charge in [-0.1, -0.05) is 22.9 Å². The third kappa shape index (κ3) is 2.87. The number of nitrogens with one attached hydrogen (secondary N) is 1. The molecule has 1 aromatic heterocycles. The van der Waals surface area contributed by atoms with E-state index in [0.717, 1.165) is 27.7 Å². The molecule has 5 nitrogen and oxygen atoms in total. The first-order chi connectivity index (χ1) is 11.4. The first-order valence-electron chi connectivity index (χ1n) is 7.76. The quantitative estimate of drug-likeness (QED) is 0.775. The van der Waals surface area contributed by atoms with Crippen molar-refractivity contribution in [2.75, 3.05) is 5.32 Å². The highest BCUT2D eigenvalue weighted by Gasteiger charge is 2.20. The Kier molecular flexibility index (Phi) is 4.28. The summed E-state index contributed by atoms with van der Waals surface area (Å²) in [7, 11) is 0. The molecule has 1 heterocycles. The molecule has 6 heteroatoms. The molecule has 0 aliphatic rings. The first-order valence-corrected chi connectivity index (χ1v) is 8.14. The smallest absolute Gasteiger partial charge is 0.249 e. The van der Waals surface area contributed by atoms with Crippen molar-refractivity contribution in [1.82, 2.24) is 15.0 Å². The Hall–Kier alpha value is -2.40. The molecule has 0 fully saturated rings. The molecule has 1 N–H and O–H groups in total. The molecule has 3 aromatic rings. The largest absolute Gasteiger partial charge is 0.324 e. The van der Waals surface area contributed by atoms with Gasteiger partial charge in [0.15, 0.2) is 0 Å². The molecule has 24 heavy (non-hydrogen) atoms. The summed E-state index contributed by atoms with van der Waals surface area (Å²) in [5, 5.41) is 11.9. The summed E-state index contributed by atoms with van der Waals surface area (Å²) in [6.07, 6.45) is 0. The third-order valence-corrected chi connectivity index (χ3v) is 4.77. The number of rotatable bonds is 3. The second kappa shape index (κ2) is 6.24. The van der Waals surface area contributed by atoms with Crippen LogP contribution in [0.2, 0.25) is 5.02 Å². The SMILES string of the molecule is Cc1cc2nnn(C(C)C(=O)Nc3cccc(Cl)c3C)c2cc1C. The van der Waals surface area contributed by atoms with Crippen molar-refractivity contribution in [2.24, 2.45) is 0 Å². The van der Waals surface area contributed by atoms with Gasteiger partial charge < -0.3 is 5.32 Å². The van der Waals surface area contributed by atoms with Crippen molar-refractivity contribution >= 4 is 34.2 Å². The number of anilines is 1. The van der Waals surface area contributed by atoms with Crippen LogP contribution in [0.5, 0.6) is 0 Å². The van der Waals surface area contributed by atoms with Crippen molar-refractivity contribution in [2.45, 2.75) is 33.7 Å². The predicted octanol–water partition coefficient (Wildman–Crippen LogP) is 4.21. The van der Waals surface area contributed by atoms with Gasteiger partial charge >= 0.3 is 0 Å². The van der Waals surface area contributed by atoms with Crippen LogP contribution in [0.4, 0.5) is 5.69 Å². The Morgan fingerprint density at radius 1 is 1.21 bits per heavy atom. The van der Waals surface area contributed by atoms with Gasteiger partial charge in [0.05, 0.1) is 5.52 Å². The van der Waals surface area contributed by atoms with Crippen molar-refractivity contribution in [3.63, 3.8) is 0 Å². The standard InChI is InChI=1S/C18H19ClN4O/c1-10-8-16-17(9-11(10)2)23(22-21-16)13(4)18(24)20-15-7-5-6-14(19)12(15)3/h5-9,13H,1-4H3,(H,20,24). The lowest BCUT2D eigenvalue weighted by Gasteiger charge is -2.15. The van der Waals surface area contributed by atoms with Gasteiger partial charge in [0.1, 0.15) is 11.6 Å². The van der Waals surface area contributed by atoms with E-state index in [9.17, 15) is 4.79 Å². The van der Waals surface area contributed by atoms with E-state index < -0.39 is 6.04 Å². The molecular formula is C18H19ClN4O. The normalized spacial score (nSPS) is 12.4. The van der Waals surface area contributed by atoms with Crippen LogP contribution in [0, 0.1) is 20.8 Å². The minimum atomic E-state index is -0.490. The number of fused-ring (bicyclic) bond motifs is 1. The van der Waals surface area contributed by atoms with Crippen LogP contribution in [0.15, 0.2) is 30.3 Å². The molecule has 0 spiro atoms. The molecule has 0 radical (unpaired) electrons. The zero-order valence-electron chi connectivity index (χ0n) is 14.1. The zero-order valence-corrected chi connectivity index (χ0v) is 14.8. The van der Waals surface area contributed by atoms with E-state index in [-0.39, 0.29) is 5.91 Å². The van der Waals surface area contributed by atoms with Crippen LogP contribution in [0.3, 0.4) is 0 Å². The van der Waals surface area contributed by atoms with E-state index in [1.807, 2.05) is 45.0 Å². The summed E-state index contributed by atoms with van der Waals surface area (Å²) in [5.74, 6) is -0.162. The summed E-state index contributed by atoms with van der Waals surface area (Å²) in [6, 6.07) is 8.95. The molecule has 1 unspecified atom stereocenters. The van der Waals surface area contributed by atoms with Crippen molar-refractivity contribution in [3.05, 3.63) is 52.0 Å². The predicted molar refractivity (Wildman–Crippen MR) is 96.5 cm³/mol. The summed E-state index contributed by atoms with van der Waals surface area (Å²) >= 11 is 6.11. The van der Waals surface area contributed by atoms with Crippen molar-refractivity contribution in [1.29, 1.82) is 0 Å².